The third-order valence-electron chi connectivity index (χ3n) is 3.85. The van der Waals surface area contributed by atoms with Crippen molar-refractivity contribution in [1.29, 1.82) is 0 Å². The van der Waals surface area contributed by atoms with Crippen LogP contribution >= 0.6 is 11.8 Å². The second-order valence-electron chi connectivity index (χ2n) is 5.70. The van der Waals surface area contributed by atoms with Gasteiger partial charge in [-0.05, 0) is 43.7 Å². The van der Waals surface area contributed by atoms with E-state index in [0.717, 1.165) is 12.1 Å². The van der Waals surface area contributed by atoms with Crippen LogP contribution in [0.2, 0.25) is 0 Å². The number of nitrogens with one attached hydrogen (secondary N) is 1. The average molecular weight is 329 g/mol. The van der Waals surface area contributed by atoms with Gasteiger partial charge in [0.2, 0.25) is 10.0 Å². The average Bonchev–Trinajstić information content (AvgIpc) is 2.98. The van der Waals surface area contributed by atoms with E-state index >= 15 is 0 Å². The fraction of sp³-hybridized carbons (Fsp3) is 0.600. The van der Waals surface area contributed by atoms with Gasteiger partial charge in [-0.25, -0.2) is 8.42 Å². The van der Waals surface area contributed by atoms with E-state index in [-0.39, 0.29) is 6.04 Å². The second kappa shape index (κ2) is 7.13. The Kier molecular flexibility index (Phi) is 5.71. The van der Waals surface area contributed by atoms with Crippen LogP contribution in [0.15, 0.2) is 29.2 Å². The minimum absolute atomic E-state index is 0.0452. The smallest absolute Gasteiger partial charge is 0.243 e. The van der Waals surface area contributed by atoms with E-state index in [0.29, 0.717) is 10.9 Å². The Hall–Kier alpha value is -0.560. The van der Waals surface area contributed by atoms with Gasteiger partial charge in [-0.1, -0.05) is 12.1 Å². The van der Waals surface area contributed by atoms with Gasteiger partial charge in [-0.15, -0.1) is 0 Å². The molecule has 21 heavy (non-hydrogen) atoms. The molecule has 2 rings (SSSR count). The first-order valence-electron chi connectivity index (χ1n) is 7.29. The summed E-state index contributed by atoms with van der Waals surface area (Å²) in [7, 11) is -1.76. The molecule has 0 spiro atoms. The molecule has 1 aromatic carbocycles. The van der Waals surface area contributed by atoms with E-state index in [9.17, 15) is 8.42 Å². The van der Waals surface area contributed by atoms with Gasteiger partial charge >= 0.3 is 0 Å². The van der Waals surface area contributed by atoms with Crippen LogP contribution in [0.4, 0.5) is 0 Å². The molecule has 1 aliphatic rings. The van der Waals surface area contributed by atoms with E-state index in [1.807, 2.05) is 37.7 Å². The Bertz CT molecular complexity index is 550. The first-order valence-corrected chi connectivity index (χ1v) is 9.89. The van der Waals surface area contributed by atoms with E-state index in [2.05, 4.69) is 5.32 Å². The quantitative estimate of drug-likeness (QED) is 0.870. The molecule has 0 bridgehead atoms. The fourth-order valence-electron chi connectivity index (χ4n) is 2.18. The molecule has 1 fully saturated rings. The Labute approximate surface area is 132 Å². The van der Waals surface area contributed by atoms with Crippen LogP contribution in [0.25, 0.3) is 0 Å². The molecular weight excluding hydrogens is 304 g/mol. The zero-order valence-corrected chi connectivity index (χ0v) is 14.5. The first kappa shape index (κ1) is 16.8. The van der Waals surface area contributed by atoms with E-state index in [4.69, 9.17) is 0 Å². The van der Waals surface area contributed by atoms with Crippen LogP contribution in [0, 0.1) is 0 Å². The van der Waals surface area contributed by atoms with Crippen LogP contribution in [0.3, 0.4) is 0 Å². The highest BCUT2D eigenvalue weighted by Gasteiger charge is 2.22. The van der Waals surface area contributed by atoms with Crippen LogP contribution in [0.5, 0.6) is 0 Å². The van der Waals surface area contributed by atoms with Crippen molar-refractivity contribution in [3.05, 3.63) is 29.8 Å². The molecule has 6 heteroatoms. The second-order valence-corrected chi connectivity index (χ2v) is 8.85. The molecule has 1 saturated heterocycles. The summed E-state index contributed by atoms with van der Waals surface area (Å²) in [6.45, 7) is 4.54. The van der Waals surface area contributed by atoms with Crippen molar-refractivity contribution in [2.24, 2.45) is 0 Å². The summed E-state index contributed by atoms with van der Waals surface area (Å²) in [6.07, 6.45) is 1.22. The van der Waals surface area contributed by atoms with E-state index < -0.39 is 10.0 Å². The largest absolute Gasteiger partial charge is 0.309 e. The molecule has 0 aliphatic carbocycles. The predicted molar refractivity (Wildman–Crippen MR) is 89.1 cm³/mol. The zero-order chi connectivity index (χ0) is 15.5. The van der Waals surface area contributed by atoms with Gasteiger partial charge in [0, 0.05) is 31.4 Å². The van der Waals surface area contributed by atoms with E-state index in [1.165, 1.54) is 22.2 Å². The number of thioether (sulfide) groups is 1. The Balaban J connectivity index is 2.01. The lowest BCUT2D eigenvalue weighted by Crippen LogP contribution is -2.33. The van der Waals surface area contributed by atoms with Gasteiger partial charge in [-0.3, -0.25) is 0 Å². The number of hydrogen-bond acceptors (Lipinski definition) is 4. The molecule has 0 radical (unpaired) electrons. The monoisotopic (exact) mass is 328 g/mol. The van der Waals surface area contributed by atoms with Gasteiger partial charge in [0.1, 0.15) is 0 Å². The highest BCUT2D eigenvalue weighted by Crippen LogP contribution is 2.19. The van der Waals surface area contributed by atoms with Crippen molar-refractivity contribution in [2.45, 2.75) is 43.8 Å². The summed E-state index contributed by atoms with van der Waals surface area (Å²) >= 11 is 1.98. The number of rotatable bonds is 6. The molecule has 0 unspecified atom stereocenters. The van der Waals surface area contributed by atoms with Gasteiger partial charge < -0.3 is 5.32 Å². The molecule has 1 N–H and O–H groups in total. The first-order chi connectivity index (χ1) is 9.91. The Morgan fingerprint density at radius 3 is 2.52 bits per heavy atom. The minimum atomic E-state index is -3.38. The summed E-state index contributed by atoms with van der Waals surface area (Å²) in [5, 5.41) is 3.52. The molecule has 118 valence electrons. The van der Waals surface area contributed by atoms with Crippen molar-refractivity contribution in [3.8, 4) is 0 Å². The summed E-state index contributed by atoms with van der Waals surface area (Å²) < 4.78 is 26.1. The maximum atomic E-state index is 12.4. The lowest BCUT2D eigenvalue weighted by Gasteiger charge is -2.21. The lowest BCUT2D eigenvalue weighted by atomic mass is 10.2. The third kappa shape index (κ3) is 4.22. The van der Waals surface area contributed by atoms with Crippen LogP contribution in [0.1, 0.15) is 25.8 Å². The fourth-order valence-corrected chi connectivity index (χ4v) is 4.74. The molecule has 1 heterocycles. The maximum absolute atomic E-state index is 12.4. The molecule has 1 aliphatic heterocycles. The van der Waals surface area contributed by atoms with Gasteiger partial charge in [-0.2, -0.15) is 16.1 Å². The Morgan fingerprint density at radius 1 is 1.33 bits per heavy atom. The molecule has 1 aromatic rings. The molecule has 1 atom stereocenters. The topological polar surface area (TPSA) is 49.4 Å². The number of benzene rings is 1. The molecule has 0 saturated carbocycles. The summed E-state index contributed by atoms with van der Waals surface area (Å²) in [5.41, 5.74) is 1.12. The van der Waals surface area contributed by atoms with Crippen molar-refractivity contribution in [2.75, 3.05) is 18.6 Å². The molecule has 4 nitrogen and oxygen atoms in total. The Morgan fingerprint density at radius 2 is 2.00 bits per heavy atom. The summed E-state index contributed by atoms with van der Waals surface area (Å²) in [4.78, 5) is 0.360. The molecule has 0 aromatic heterocycles. The maximum Gasteiger partial charge on any atom is 0.243 e. The minimum Gasteiger partial charge on any atom is -0.309 e. The summed E-state index contributed by atoms with van der Waals surface area (Å²) in [5.74, 6) is 2.40. The number of sulfonamides is 1. The van der Waals surface area contributed by atoms with Gasteiger partial charge in [0.05, 0.1) is 4.90 Å². The highest BCUT2D eigenvalue weighted by atomic mass is 32.2. The zero-order valence-electron chi connectivity index (χ0n) is 12.9. The molecule has 0 amide bonds. The standard InChI is InChI=1S/C15H24N2O2S2/c1-12(2)17(3)21(18,19)15-6-4-13(5-7-15)10-16-14-8-9-20-11-14/h4-7,12,14,16H,8-11H2,1-3H3/t14-/m0/s1. The molecular formula is C15H24N2O2S2. The van der Waals surface area contributed by atoms with Crippen LogP contribution in [-0.2, 0) is 16.6 Å². The summed E-state index contributed by atoms with van der Waals surface area (Å²) in [6, 6.07) is 7.75. The van der Waals surface area contributed by atoms with Gasteiger partial charge in [0.25, 0.3) is 0 Å². The van der Waals surface area contributed by atoms with Crippen molar-refractivity contribution in [1.82, 2.24) is 9.62 Å². The normalized spacial score (nSPS) is 19.6. The van der Waals surface area contributed by atoms with Crippen molar-refractivity contribution < 1.29 is 8.42 Å². The third-order valence-corrected chi connectivity index (χ3v) is 7.06. The highest BCUT2D eigenvalue weighted by molar-refractivity contribution is 7.99. The van der Waals surface area contributed by atoms with Crippen LogP contribution < -0.4 is 5.32 Å². The van der Waals surface area contributed by atoms with Crippen molar-refractivity contribution >= 4 is 21.8 Å². The lowest BCUT2D eigenvalue weighted by molar-refractivity contribution is 0.410. The predicted octanol–water partition coefficient (Wildman–Crippen LogP) is 2.31. The van der Waals surface area contributed by atoms with Crippen molar-refractivity contribution in [3.63, 3.8) is 0 Å². The number of hydrogen-bond donors (Lipinski definition) is 1. The van der Waals surface area contributed by atoms with Crippen LogP contribution in [-0.4, -0.2) is 43.4 Å². The van der Waals surface area contributed by atoms with Gasteiger partial charge in [0.15, 0.2) is 0 Å². The van der Waals surface area contributed by atoms with E-state index in [1.54, 1.807) is 19.2 Å². The SMILES string of the molecule is CC(C)N(C)S(=O)(=O)c1ccc(CN[C@H]2CCSC2)cc1. The number of nitrogens with zero attached hydrogens (tertiary/aromatic N) is 1.